The molecule has 0 aromatic heterocycles. The third kappa shape index (κ3) is 2.89. The van der Waals surface area contributed by atoms with Crippen LogP contribution in [-0.4, -0.2) is 55.1 Å². The van der Waals surface area contributed by atoms with E-state index in [1.807, 2.05) is 0 Å². The van der Waals surface area contributed by atoms with Crippen LogP contribution < -0.4 is 5.32 Å². The molecule has 0 radical (unpaired) electrons. The van der Waals surface area contributed by atoms with E-state index in [0.717, 1.165) is 6.26 Å². The zero-order valence-electron chi connectivity index (χ0n) is 10.8. The van der Waals surface area contributed by atoms with E-state index in [1.165, 1.54) is 4.31 Å². The molecule has 8 heteroatoms. The van der Waals surface area contributed by atoms with Gasteiger partial charge in [-0.15, -0.1) is 0 Å². The van der Waals surface area contributed by atoms with Crippen LogP contribution in [0.2, 0.25) is 0 Å². The molecule has 7 nitrogen and oxygen atoms in total. The molecule has 1 amide bonds. The average molecular weight is 290 g/mol. The molecule has 19 heavy (non-hydrogen) atoms. The summed E-state index contributed by atoms with van der Waals surface area (Å²) in [6, 6.07) is -0.298. The monoisotopic (exact) mass is 290 g/mol. The van der Waals surface area contributed by atoms with Gasteiger partial charge in [0.25, 0.3) is 0 Å². The standard InChI is InChI=1S/C11H18N2O5S/c1-19(17,18)13-6-2-3-8(7-13)12-9(14)11(4-5-11)10(15)16/h8H,2-7H2,1H3,(H,12,14)(H,15,16). The summed E-state index contributed by atoms with van der Waals surface area (Å²) in [7, 11) is -3.27. The summed E-state index contributed by atoms with van der Waals surface area (Å²) >= 11 is 0. The number of carbonyl (C=O) groups excluding carboxylic acids is 1. The molecule has 2 fully saturated rings. The number of carboxylic acid groups (broad SMARTS) is 1. The van der Waals surface area contributed by atoms with Gasteiger partial charge in [-0.05, 0) is 25.7 Å². The number of sulfonamides is 1. The molecule has 0 spiro atoms. The Labute approximate surface area is 112 Å². The maximum atomic E-state index is 11.9. The van der Waals surface area contributed by atoms with Crippen molar-refractivity contribution in [2.45, 2.75) is 31.7 Å². The van der Waals surface area contributed by atoms with E-state index in [2.05, 4.69) is 5.32 Å². The van der Waals surface area contributed by atoms with E-state index in [-0.39, 0.29) is 12.6 Å². The minimum Gasteiger partial charge on any atom is -0.480 e. The van der Waals surface area contributed by atoms with Gasteiger partial charge in [-0.1, -0.05) is 0 Å². The lowest BCUT2D eigenvalue weighted by molar-refractivity contribution is -0.149. The van der Waals surface area contributed by atoms with Crippen molar-refractivity contribution < 1.29 is 23.1 Å². The molecule has 1 unspecified atom stereocenters. The first-order chi connectivity index (χ1) is 8.75. The summed E-state index contributed by atoms with van der Waals surface area (Å²) in [5.74, 6) is -1.58. The van der Waals surface area contributed by atoms with E-state index in [1.54, 1.807) is 0 Å². The van der Waals surface area contributed by atoms with Gasteiger partial charge in [0.05, 0.1) is 6.26 Å². The first kappa shape index (κ1) is 14.3. The fourth-order valence-corrected chi connectivity index (χ4v) is 3.26. The average Bonchev–Trinajstić information content (AvgIpc) is 3.09. The molecule has 1 aliphatic carbocycles. The van der Waals surface area contributed by atoms with Crippen LogP contribution in [0.15, 0.2) is 0 Å². The lowest BCUT2D eigenvalue weighted by Gasteiger charge is -2.32. The number of carboxylic acids is 1. The largest absolute Gasteiger partial charge is 0.480 e. The van der Waals surface area contributed by atoms with Gasteiger partial charge < -0.3 is 10.4 Å². The van der Waals surface area contributed by atoms with Gasteiger partial charge in [0, 0.05) is 19.1 Å². The van der Waals surface area contributed by atoms with Crippen molar-refractivity contribution in [3.8, 4) is 0 Å². The van der Waals surface area contributed by atoms with Crippen LogP contribution in [0.5, 0.6) is 0 Å². The fraction of sp³-hybridized carbons (Fsp3) is 0.818. The number of piperidine rings is 1. The highest BCUT2D eigenvalue weighted by atomic mass is 32.2. The number of nitrogens with zero attached hydrogens (tertiary/aromatic N) is 1. The highest BCUT2D eigenvalue weighted by Crippen LogP contribution is 2.46. The first-order valence-electron chi connectivity index (χ1n) is 6.25. The van der Waals surface area contributed by atoms with Gasteiger partial charge in [-0.3, -0.25) is 9.59 Å². The van der Waals surface area contributed by atoms with Crippen LogP contribution in [0.4, 0.5) is 0 Å². The number of carbonyl (C=O) groups is 2. The first-order valence-corrected chi connectivity index (χ1v) is 8.10. The van der Waals surface area contributed by atoms with E-state index in [0.29, 0.717) is 32.2 Å². The Morgan fingerprint density at radius 3 is 2.47 bits per heavy atom. The Morgan fingerprint density at radius 1 is 1.37 bits per heavy atom. The van der Waals surface area contributed by atoms with Crippen molar-refractivity contribution in [1.29, 1.82) is 0 Å². The fourth-order valence-electron chi connectivity index (χ4n) is 2.35. The van der Waals surface area contributed by atoms with Crippen molar-refractivity contribution in [3.63, 3.8) is 0 Å². The number of aliphatic carboxylic acids is 1. The molecule has 2 N–H and O–H groups in total. The van der Waals surface area contributed by atoms with Crippen LogP contribution in [0.3, 0.4) is 0 Å². The van der Waals surface area contributed by atoms with Crippen molar-refractivity contribution in [2.24, 2.45) is 5.41 Å². The highest BCUT2D eigenvalue weighted by Gasteiger charge is 2.57. The Balaban J connectivity index is 1.97. The minimum absolute atomic E-state index is 0.222. The normalized spacial score (nSPS) is 26.7. The smallest absolute Gasteiger partial charge is 0.319 e. The molecule has 0 aromatic carbocycles. The molecular weight excluding hydrogens is 272 g/mol. The van der Waals surface area contributed by atoms with Gasteiger partial charge in [0.2, 0.25) is 15.9 Å². The van der Waals surface area contributed by atoms with Gasteiger partial charge in [0.1, 0.15) is 5.41 Å². The molecule has 1 atom stereocenters. The van der Waals surface area contributed by atoms with E-state index < -0.39 is 27.3 Å². The number of hydrogen-bond donors (Lipinski definition) is 2. The van der Waals surface area contributed by atoms with Crippen LogP contribution in [0, 0.1) is 5.41 Å². The summed E-state index contributed by atoms with van der Waals surface area (Å²) < 4.78 is 24.2. The molecule has 1 saturated heterocycles. The van der Waals surface area contributed by atoms with E-state index in [9.17, 15) is 18.0 Å². The molecule has 1 saturated carbocycles. The Morgan fingerprint density at radius 2 is 2.00 bits per heavy atom. The molecule has 1 heterocycles. The van der Waals surface area contributed by atoms with Gasteiger partial charge in [0.15, 0.2) is 0 Å². The second-order valence-corrected chi connectivity index (χ2v) is 7.30. The topological polar surface area (TPSA) is 104 Å². The van der Waals surface area contributed by atoms with Crippen LogP contribution in [-0.2, 0) is 19.6 Å². The van der Waals surface area contributed by atoms with Crippen molar-refractivity contribution in [3.05, 3.63) is 0 Å². The van der Waals surface area contributed by atoms with Crippen molar-refractivity contribution in [1.82, 2.24) is 9.62 Å². The van der Waals surface area contributed by atoms with Gasteiger partial charge in [-0.2, -0.15) is 0 Å². The zero-order chi connectivity index (χ0) is 14.3. The summed E-state index contributed by atoms with van der Waals surface area (Å²) in [4.78, 5) is 23.0. The molecule has 1 aliphatic heterocycles. The SMILES string of the molecule is CS(=O)(=O)N1CCCC(NC(=O)C2(C(=O)O)CC2)C1. The number of hydrogen-bond acceptors (Lipinski definition) is 4. The lowest BCUT2D eigenvalue weighted by atomic mass is 10.0. The summed E-state index contributed by atoms with van der Waals surface area (Å²) in [5.41, 5.74) is -1.27. The molecule has 2 aliphatic rings. The maximum Gasteiger partial charge on any atom is 0.319 e. The predicted molar refractivity (Wildman–Crippen MR) is 66.9 cm³/mol. The Hall–Kier alpha value is -1.15. The van der Waals surface area contributed by atoms with E-state index >= 15 is 0 Å². The zero-order valence-corrected chi connectivity index (χ0v) is 11.6. The van der Waals surface area contributed by atoms with Gasteiger partial charge in [-0.25, -0.2) is 12.7 Å². The maximum absolute atomic E-state index is 11.9. The molecule has 108 valence electrons. The molecule has 0 aromatic rings. The summed E-state index contributed by atoms with van der Waals surface area (Å²) in [5, 5.41) is 11.7. The molecule has 2 rings (SSSR count). The summed E-state index contributed by atoms with van der Waals surface area (Å²) in [6.07, 6.45) is 3.19. The Kier molecular flexibility index (Phi) is 3.57. The molecule has 0 bridgehead atoms. The Bertz CT molecular complexity index is 497. The van der Waals surface area contributed by atoms with E-state index in [4.69, 9.17) is 5.11 Å². The van der Waals surface area contributed by atoms with Crippen LogP contribution >= 0.6 is 0 Å². The number of rotatable bonds is 4. The summed E-state index contributed by atoms with van der Waals surface area (Å²) in [6.45, 7) is 0.676. The second kappa shape index (κ2) is 4.75. The van der Waals surface area contributed by atoms with Crippen LogP contribution in [0.25, 0.3) is 0 Å². The van der Waals surface area contributed by atoms with Crippen LogP contribution in [0.1, 0.15) is 25.7 Å². The number of nitrogens with one attached hydrogen (secondary N) is 1. The van der Waals surface area contributed by atoms with Gasteiger partial charge >= 0.3 is 5.97 Å². The van der Waals surface area contributed by atoms with Crippen molar-refractivity contribution in [2.75, 3.05) is 19.3 Å². The lowest BCUT2D eigenvalue weighted by Crippen LogP contribution is -2.51. The highest BCUT2D eigenvalue weighted by molar-refractivity contribution is 7.88. The predicted octanol–water partition coefficient (Wildman–Crippen LogP) is -0.609. The second-order valence-electron chi connectivity index (χ2n) is 5.32. The molecular formula is C11H18N2O5S. The van der Waals surface area contributed by atoms with Crippen molar-refractivity contribution >= 4 is 21.9 Å². The minimum atomic E-state index is -3.27. The third-order valence-corrected chi connectivity index (χ3v) is 5.05. The quantitative estimate of drug-likeness (QED) is 0.672. The number of amides is 1. The third-order valence-electron chi connectivity index (χ3n) is 3.78.